The molecule has 4 rings (SSSR count). The van der Waals surface area contributed by atoms with Crippen molar-refractivity contribution in [2.75, 3.05) is 13.2 Å². The van der Waals surface area contributed by atoms with E-state index in [0.29, 0.717) is 40.5 Å². The fourth-order valence-corrected chi connectivity index (χ4v) is 4.57. The van der Waals surface area contributed by atoms with Crippen molar-refractivity contribution in [3.63, 3.8) is 0 Å². The van der Waals surface area contributed by atoms with E-state index in [-0.39, 0.29) is 30.2 Å². The molecule has 0 spiro atoms. The van der Waals surface area contributed by atoms with Crippen molar-refractivity contribution < 1.29 is 34.1 Å². The second kappa shape index (κ2) is 12.1. The topological polar surface area (TPSA) is 113 Å². The number of rotatable bonds is 9. The second-order valence-electron chi connectivity index (χ2n) is 10.1. The van der Waals surface area contributed by atoms with Gasteiger partial charge in [-0.1, -0.05) is 38.1 Å². The van der Waals surface area contributed by atoms with E-state index in [1.54, 1.807) is 61.5 Å². The molecule has 1 aliphatic rings. The summed E-state index contributed by atoms with van der Waals surface area (Å²) in [6.45, 7) is 8.52. The standard InChI is InChI=1S/C32H33NO7/c1-5-39-32(38)23-8-6-21(7-9-23)17-33-28(22-10-13-25(34)14-11-22)27(30(36)31(33)37)29(35)24-12-15-26(20(4)16-24)40-18-19(2)3/h6-16,19,28,34-35H,5,17-18H2,1-4H3/b29-27-. The van der Waals surface area contributed by atoms with Gasteiger partial charge in [0.25, 0.3) is 11.7 Å². The van der Waals surface area contributed by atoms with Gasteiger partial charge in [0.2, 0.25) is 0 Å². The van der Waals surface area contributed by atoms with Crippen LogP contribution in [0.3, 0.4) is 0 Å². The average Bonchev–Trinajstić information content (AvgIpc) is 3.17. The number of carbonyl (C=O) groups excluding carboxylic acids is 3. The third-order valence-corrected chi connectivity index (χ3v) is 6.59. The molecule has 0 radical (unpaired) electrons. The largest absolute Gasteiger partial charge is 0.508 e. The number of carbonyl (C=O) groups is 3. The van der Waals surface area contributed by atoms with Crippen LogP contribution in [-0.4, -0.2) is 46.0 Å². The maximum Gasteiger partial charge on any atom is 0.338 e. The van der Waals surface area contributed by atoms with E-state index in [4.69, 9.17) is 9.47 Å². The predicted octanol–water partition coefficient (Wildman–Crippen LogP) is 5.53. The van der Waals surface area contributed by atoms with E-state index >= 15 is 0 Å². The summed E-state index contributed by atoms with van der Waals surface area (Å²) in [6, 6.07) is 17.0. The molecule has 0 saturated carbocycles. The number of esters is 1. The first kappa shape index (κ1) is 28.4. The van der Waals surface area contributed by atoms with E-state index in [2.05, 4.69) is 0 Å². The van der Waals surface area contributed by atoms with E-state index in [1.165, 1.54) is 17.0 Å². The molecule has 3 aromatic carbocycles. The van der Waals surface area contributed by atoms with Crippen LogP contribution in [0.15, 0.2) is 72.3 Å². The molecule has 1 fully saturated rings. The molecule has 40 heavy (non-hydrogen) atoms. The zero-order valence-corrected chi connectivity index (χ0v) is 23.0. The predicted molar refractivity (Wildman–Crippen MR) is 150 cm³/mol. The molecule has 0 bridgehead atoms. The molecule has 3 aromatic rings. The lowest BCUT2D eigenvalue weighted by atomic mass is 9.94. The molecular weight excluding hydrogens is 510 g/mol. The smallest absolute Gasteiger partial charge is 0.338 e. The average molecular weight is 544 g/mol. The van der Waals surface area contributed by atoms with Crippen LogP contribution in [0.25, 0.3) is 5.76 Å². The van der Waals surface area contributed by atoms with Crippen LogP contribution in [0.2, 0.25) is 0 Å². The highest BCUT2D eigenvalue weighted by Gasteiger charge is 2.46. The first-order valence-electron chi connectivity index (χ1n) is 13.2. The Balaban J connectivity index is 1.73. The molecule has 208 valence electrons. The number of hydrogen-bond donors (Lipinski definition) is 2. The molecule has 1 aliphatic heterocycles. The number of nitrogens with zero attached hydrogens (tertiary/aromatic N) is 1. The van der Waals surface area contributed by atoms with Crippen LogP contribution in [0.1, 0.15) is 59.4 Å². The SMILES string of the molecule is CCOC(=O)c1ccc(CN2C(=O)C(=O)/C(=C(\O)c3ccc(OCC(C)C)c(C)c3)C2c2ccc(O)cc2)cc1. The number of hydrogen-bond acceptors (Lipinski definition) is 7. The van der Waals surface area contributed by atoms with Crippen LogP contribution in [-0.2, 0) is 20.9 Å². The van der Waals surface area contributed by atoms with Crippen molar-refractivity contribution in [1.82, 2.24) is 4.90 Å². The van der Waals surface area contributed by atoms with E-state index < -0.39 is 23.7 Å². The molecule has 2 N–H and O–H groups in total. The Morgan fingerprint density at radius 1 is 0.975 bits per heavy atom. The number of phenolic OH excluding ortho intramolecular Hbond substituents is 1. The van der Waals surface area contributed by atoms with Gasteiger partial charge in [-0.25, -0.2) is 4.79 Å². The second-order valence-corrected chi connectivity index (χ2v) is 10.1. The first-order chi connectivity index (χ1) is 19.1. The Hall–Kier alpha value is -4.59. The summed E-state index contributed by atoms with van der Waals surface area (Å²) in [4.78, 5) is 40.1. The normalized spacial score (nSPS) is 16.4. The highest BCUT2D eigenvalue weighted by atomic mass is 16.5. The zero-order chi connectivity index (χ0) is 29.0. The quantitative estimate of drug-likeness (QED) is 0.158. The maximum absolute atomic E-state index is 13.4. The van der Waals surface area contributed by atoms with Crippen molar-refractivity contribution in [2.24, 2.45) is 5.92 Å². The van der Waals surface area contributed by atoms with Gasteiger partial charge in [0.15, 0.2) is 0 Å². The minimum absolute atomic E-state index is 0.0304. The monoisotopic (exact) mass is 543 g/mol. The van der Waals surface area contributed by atoms with Crippen LogP contribution < -0.4 is 4.74 Å². The summed E-state index contributed by atoms with van der Waals surface area (Å²) >= 11 is 0. The van der Waals surface area contributed by atoms with Gasteiger partial charge in [-0.3, -0.25) is 9.59 Å². The molecule has 1 heterocycles. The summed E-state index contributed by atoms with van der Waals surface area (Å²) < 4.78 is 10.9. The van der Waals surface area contributed by atoms with Crippen LogP contribution in [0.4, 0.5) is 0 Å². The summed E-state index contributed by atoms with van der Waals surface area (Å²) in [6.07, 6.45) is 0. The number of aryl methyl sites for hydroxylation is 1. The molecule has 0 aliphatic carbocycles. The van der Waals surface area contributed by atoms with Crippen LogP contribution in [0, 0.1) is 12.8 Å². The molecular formula is C32H33NO7. The highest BCUT2D eigenvalue weighted by molar-refractivity contribution is 6.46. The number of amides is 1. The maximum atomic E-state index is 13.4. The third-order valence-electron chi connectivity index (χ3n) is 6.59. The van der Waals surface area contributed by atoms with Crippen LogP contribution >= 0.6 is 0 Å². The number of aliphatic hydroxyl groups is 1. The number of Topliss-reactive ketones (excluding diaryl/α,β-unsaturated/α-hetero) is 1. The van der Waals surface area contributed by atoms with E-state index in [0.717, 1.165) is 5.56 Å². The number of aromatic hydroxyl groups is 1. The Bertz CT molecular complexity index is 1440. The van der Waals surface area contributed by atoms with Crippen molar-refractivity contribution in [3.05, 3.63) is 100 Å². The Labute approximate surface area is 233 Å². The Kier molecular flexibility index (Phi) is 8.58. The molecule has 1 unspecified atom stereocenters. The molecule has 1 atom stereocenters. The number of ether oxygens (including phenoxy) is 2. The van der Waals surface area contributed by atoms with Gasteiger partial charge in [-0.05, 0) is 78.9 Å². The number of likely N-dealkylation sites (tertiary alicyclic amines) is 1. The van der Waals surface area contributed by atoms with Gasteiger partial charge in [-0.2, -0.15) is 0 Å². The molecule has 8 heteroatoms. The first-order valence-corrected chi connectivity index (χ1v) is 13.2. The molecule has 1 saturated heterocycles. The fraction of sp³-hybridized carbons (Fsp3) is 0.281. The van der Waals surface area contributed by atoms with Gasteiger partial charge in [0.05, 0.1) is 30.4 Å². The van der Waals surface area contributed by atoms with Crippen molar-refractivity contribution >= 4 is 23.4 Å². The number of phenols is 1. The summed E-state index contributed by atoms with van der Waals surface area (Å²) in [5.74, 6) is -1.27. The summed E-state index contributed by atoms with van der Waals surface area (Å²) in [7, 11) is 0. The lowest BCUT2D eigenvalue weighted by Crippen LogP contribution is -2.29. The van der Waals surface area contributed by atoms with Crippen molar-refractivity contribution in [3.8, 4) is 11.5 Å². The highest BCUT2D eigenvalue weighted by Crippen LogP contribution is 2.41. The summed E-state index contributed by atoms with van der Waals surface area (Å²) in [5, 5.41) is 21.2. The minimum Gasteiger partial charge on any atom is -0.508 e. The number of ketones is 1. The fourth-order valence-electron chi connectivity index (χ4n) is 4.57. The Morgan fingerprint density at radius 2 is 1.62 bits per heavy atom. The van der Waals surface area contributed by atoms with Gasteiger partial charge >= 0.3 is 5.97 Å². The van der Waals surface area contributed by atoms with Crippen molar-refractivity contribution in [1.29, 1.82) is 0 Å². The lowest BCUT2D eigenvalue weighted by Gasteiger charge is -2.25. The molecule has 1 amide bonds. The lowest BCUT2D eigenvalue weighted by molar-refractivity contribution is -0.140. The minimum atomic E-state index is -0.900. The van der Waals surface area contributed by atoms with Crippen molar-refractivity contribution in [2.45, 2.75) is 40.3 Å². The molecule has 8 nitrogen and oxygen atoms in total. The van der Waals surface area contributed by atoms with Gasteiger partial charge in [0, 0.05) is 12.1 Å². The number of benzene rings is 3. The third kappa shape index (κ3) is 6.01. The summed E-state index contributed by atoms with van der Waals surface area (Å²) in [5.41, 5.74) is 2.72. The van der Waals surface area contributed by atoms with E-state index in [9.17, 15) is 24.6 Å². The van der Waals surface area contributed by atoms with Gasteiger partial charge in [0.1, 0.15) is 17.3 Å². The van der Waals surface area contributed by atoms with E-state index in [1.807, 2.05) is 20.8 Å². The number of aliphatic hydroxyl groups excluding tert-OH is 1. The van der Waals surface area contributed by atoms with Gasteiger partial charge < -0.3 is 24.6 Å². The zero-order valence-electron chi connectivity index (χ0n) is 23.0. The molecule has 0 aromatic heterocycles. The van der Waals surface area contributed by atoms with Crippen LogP contribution in [0.5, 0.6) is 11.5 Å². The Morgan fingerprint density at radius 3 is 2.23 bits per heavy atom. The van der Waals surface area contributed by atoms with Gasteiger partial charge in [-0.15, -0.1) is 0 Å².